The minimum absolute atomic E-state index is 0.771. The van der Waals surface area contributed by atoms with Gasteiger partial charge in [0.05, 0.1) is 5.75 Å². The van der Waals surface area contributed by atoms with E-state index >= 15 is 0 Å². The second-order valence-electron chi connectivity index (χ2n) is 4.92. The van der Waals surface area contributed by atoms with Crippen LogP contribution in [0.3, 0.4) is 0 Å². The van der Waals surface area contributed by atoms with Gasteiger partial charge in [0.25, 0.3) is 0 Å². The van der Waals surface area contributed by atoms with Crippen molar-refractivity contribution in [2.24, 2.45) is 5.73 Å². The predicted octanol–water partition coefficient (Wildman–Crippen LogP) is 2.92. The van der Waals surface area contributed by atoms with E-state index in [0.717, 1.165) is 54.9 Å². The highest BCUT2D eigenvalue weighted by atomic mass is 32.2. The molecule has 18 heavy (non-hydrogen) atoms. The number of aryl methyl sites for hydroxylation is 1. The van der Waals surface area contributed by atoms with Crippen molar-refractivity contribution in [3.63, 3.8) is 0 Å². The Labute approximate surface area is 113 Å². The van der Waals surface area contributed by atoms with Gasteiger partial charge in [0.2, 0.25) is 5.89 Å². The summed E-state index contributed by atoms with van der Waals surface area (Å²) in [7, 11) is 0. The average Bonchev–Trinajstić information content (AvgIpc) is 3.03. The normalized spacial score (nSPS) is 16.5. The SMILES string of the molecule is NCCCCCc1nc(CSC2CCCC2)no1. The molecule has 0 amide bonds. The quantitative estimate of drug-likeness (QED) is 0.735. The second-order valence-corrected chi connectivity index (χ2v) is 6.21. The second kappa shape index (κ2) is 7.79. The number of thioether (sulfide) groups is 1. The third kappa shape index (κ3) is 4.61. The van der Waals surface area contributed by atoms with Crippen molar-refractivity contribution in [2.45, 2.75) is 62.4 Å². The van der Waals surface area contributed by atoms with Crippen LogP contribution in [0.5, 0.6) is 0 Å². The summed E-state index contributed by atoms with van der Waals surface area (Å²) in [4.78, 5) is 4.44. The van der Waals surface area contributed by atoms with Crippen molar-refractivity contribution in [2.75, 3.05) is 6.54 Å². The summed E-state index contributed by atoms with van der Waals surface area (Å²) in [5, 5.41) is 4.86. The molecule has 1 aromatic rings. The lowest BCUT2D eigenvalue weighted by molar-refractivity contribution is 0.370. The molecule has 5 heteroatoms. The van der Waals surface area contributed by atoms with Crippen molar-refractivity contribution in [3.05, 3.63) is 11.7 Å². The van der Waals surface area contributed by atoms with E-state index in [1.54, 1.807) is 0 Å². The van der Waals surface area contributed by atoms with Crippen LogP contribution in [0, 0.1) is 0 Å². The largest absolute Gasteiger partial charge is 0.339 e. The van der Waals surface area contributed by atoms with Crippen LogP contribution in [0.15, 0.2) is 4.52 Å². The number of unbranched alkanes of at least 4 members (excludes halogenated alkanes) is 2. The summed E-state index contributed by atoms with van der Waals surface area (Å²) >= 11 is 1.98. The van der Waals surface area contributed by atoms with Gasteiger partial charge in [-0.2, -0.15) is 16.7 Å². The van der Waals surface area contributed by atoms with E-state index < -0.39 is 0 Å². The zero-order chi connectivity index (χ0) is 12.6. The van der Waals surface area contributed by atoms with Crippen molar-refractivity contribution in [1.82, 2.24) is 10.1 Å². The molecular formula is C13H23N3OS. The molecule has 1 fully saturated rings. The number of hydrogen-bond donors (Lipinski definition) is 1. The Balaban J connectivity index is 1.65. The van der Waals surface area contributed by atoms with Gasteiger partial charge in [-0.1, -0.05) is 24.4 Å². The summed E-state index contributed by atoms with van der Waals surface area (Å²) in [6.07, 6.45) is 9.69. The Hall–Kier alpha value is -0.550. The fourth-order valence-electron chi connectivity index (χ4n) is 2.30. The number of hydrogen-bond acceptors (Lipinski definition) is 5. The zero-order valence-corrected chi connectivity index (χ0v) is 11.8. The summed E-state index contributed by atoms with van der Waals surface area (Å²) in [6.45, 7) is 0.771. The molecule has 2 rings (SSSR count). The maximum absolute atomic E-state index is 5.46. The lowest BCUT2D eigenvalue weighted by Crippen LogP contribution is -1.98. The molecule has 0 bridgehead atoms. The first-order valence-corrected chi connectivity index (χ1v) is 8.06. The van der Waals surface area contributed by atoms with Crippen LogP contribution in [0.4, 0.5) is 0 Å². The van der Waals surface area contributed by atoms with E-state index in [4.69, 9.17) is 10.3 Å². The lowest BCUT2D eigenvalue weighted by atomic mass is 10.2. The molecule has 1 aliphatic rings. The number of aromatic nitrogens is 2. The Morgan fingerprint density at radius 2 is 2.06 bits per heavy atom. The van der Waals surface area contributed by atoms with E-state index in [9.17, 15) is 0 Å². The van der Waals surface area contributed by atoms with E-state index in [0.29, 0.717) is 0 Å². The Morgan fingerprint density at radius 1 is 1.22 bits per heavy atom. The molecule has 1 saturated carbocycles. The minimum Gasteiger partial charge on any atom is -0.339 e. The third-order valence-electron chi connectivity index (χ3n) is 3.36. The molecule has 4 nitrogen and oxygen atoms in total. The first-order chi connectivity index (χ1) is 8.88. The van der Waals surface area contributed by atoms with Gasteiger partial charge in [0, 0.05) is 11.7 Å². The fourth-order valence-corrected chi connectivity index (χ4v) is 3.46. The average molecular weight is 269 g/mol. The number of rotatable bonds is 8. The molecule has 1 aliphatic carbocycles. The molecule has 0 aromatic carbocycles. The van der Waals surface area contributed by atoms with Crippen molar-refractivity contribution < 1.29 is 4.52 Å². The lowest BCUT2D eigenvalue weighted by Gasteiger charge is -2.04. The van der Waals surface area contributed by atoms with Crippen LogP contribution in [0.1, 0.15) is 56.7 Å². The monoisotopic (exact) mass is 269 g/mol. The Kier molecular flexibility index (Phi) is 6.00. The van der Waals surface area contributed by atoms with Crippen LogP contribution in [-0.2, 0) is 12.2 Å². The van der Waals surface area contributed by atoms with Gasteiger partial charge in [-0.25, -0.2) is 0 Å². The van der Waals surface area contributed by atoms with Gasteiger partial charge in [0.1, 0.15) is 0 Å². The highest BCUT2D eigenvalue weighted by Gasteiger charge is 2.16. The minimum atomic E-state index is 0.771. The number of nitrogens with two attached hydrogens (primary N) is 1. The highest BCUT2D eigenvalue weighted by Crippen LogP contribution is 2.30. The zero-order valence-electron chi connectivity index (χ0n) is 10.9. The van der Waals surface area contributed by atoms with Crippen molar-refractivity contribution in [1.29, 1.82) is 0 Å². The molecule has 0 spiro atoms. The predicted molar refractivity (Wildman–Crippen MR) is 74.5 cm³/mol. The molecule has 1 heterocycles. The van der Waals surface area contributed by atoms with Gasteiger partial charge >= 0.3 is 0 Å². The third-order valence-corrected chi connectivity index (χ3v) is 4.72. The molecule has 0 saturated heterocycles. The molecule has 0 unspecified atom stereocenters. The van der Waals surface area contributed by atoms with Crippen LogP contribution >= 0.6 is 11.8 Å². The summed E-state index contributed by atoms with van der Waals surface area (Å²) in [5.74, 6) is 2.55. The Morgan fingerprint density at radius 3 is 2.83 bits per heavy atom. The van der Waals surface area contributed by atoms with Gasteiger partial charge in [0.15, 0.2) is 5.82 Å². The molecular weight excluding hydrogens is 246 g/mol. The summed E-state index contributed by atoms with van der Waals surface area (Å²) < 4.78 is 5.25. The number of nitrogens with zero attached hydrogens (tertiary/aromatic N) is 2. The topological polar surface area (TPSA) is 64.9 Å². The first-order valence-electron chi connectivity index (χ1n) is 7.01. The standard InChI is InChI=1S/C13H23N3OS/c14-9-5-1-2-8-13-15-12(16-17-13)10-18-11-6-3-4-7-11/h11H,1-10,14H2. The van der Waals surface area contributed by atoms with E-state index in [1.807, 2.05) is 11.8 Å². The van der Waals surface area contributed by atoms with E-state index in [2.05, 4.69) is 10.1 Å². The maximum Gasteiger partial charge on any atom is 0.226 e. The maximum atomic E-state index is 5.46. The molecule has 0 aliphatic heterocycles. The van der Waals surface area contributed by atoms with Crippen molar-refractivity contribution >= 4 is 11.8 Å². The molecule has 0 radical (unpaired) electrons. The summed E-state index contributed by atoms with van der Waals surface area (Å²) in [6, 6.07) is 0. The highest BCUT2D eigenvalue weighted by molar-refractivity contribution is 7.99. The van der Waals surface area contributed by atoms with Gasteiger partial charge < -0.3 is 10.3 Å². The van der Waals surface area contributed by atoms with Crippen LogP contribution in [0.2, 0.25) is 0 Å². The van der Waals surface area contributed by atoms with Crippen LogP contribution in [0.25, 0.3) is 0 Å². The van der Waals surface area contributed by atoms with Gasteiger partial charge in [-0.05, 0) is 32.2 Å². The van der Waals surface area contributed by atoms with E-state index in [1.165, 1.54) is 25.7 Å². The van der Waals surface area contributed by atoms with Gasteiger partial charge in [-0.15, -0.1) is 0 Å². The smallest absolute Gasteiger partial charge is 0.226 e. The van der Waals surface area contributed by atoms with Crippen LogP contribution in [-0.4, -0.2) is 21.9 Å². The molecule has 102 valence electrons. The molecule has 0 atom stereocenters. The molecule has 1 aromatic heterocycles. The van der Waals surface area contributed by atoms with Gasteiger partial charge in [-0.3, -0.25) is 0 Å². The van der Waals surface area contributed by atoms with Crippen LogP contribution < -0.4 is 5.73 Å². The Bertz CT molecular complexity index is 337. The molecule has 2 N–H and O–H groups in total. The first kappa shape index (κ1) is 13.9. The fraction of sp³-hybridized carbons (Fsp3) is 0.846. The van der Waals surface area contributed by atoms with E-state index in [-0.39, 0.29) is 0 Å². The summed E-state index contributed by atoms with van der Waals surface area (Å²) in [5.41, 5.74) is 5.46. The van der Waals surface area contributed by atoms with Crippen molar-refractivity contribution in [3.8, 4) is 0 Å².